The van der Waals surface area contributed by atoms with Crippen molar-refractivity contribution in [1.29, 1.82) is 0 Å². The summed E-state index contributed by atoms with van der Waals surface area (Å²) in [5, 5.41) is 8.86. The normalized spacial score (nSPS) is 10.3. The van der Waals surface area contributed by atoms with Crippen LogP contribution in [0.4, 0.5) is 11.4 Å². The Bertz CT molecular complexity index is 772. The molecule has 0 aliphatic heterocycles. The molecule has 26 heavy (non-hydrogen) atoms. The van der Waals surface area contributed by atoms with Crippen molar-refractivity contribution in [3.8, 4) is 0 Å². The first-order valence-electron chi connectivity index (χ1n) is 8.99. The van der Waals surface area contributed by atoms with Gasteiger partial charge in [-0.3, -0.25) is 9.59 Å². The van der Waals surface area contributed by atoms with Crippen molar-refractivity contribution in [2.75, 3.05) is 23.7 Å². The highest BCUT2D eigenvalue weighted by atomic mass is 16.2. The van der Waals surface area contributed by atoms with Crippen LogP contribution in [0.3, 0.4) is 0 Å². The minimum absolute atomic E-state index is 0.122. The van der Waals surface area contributed by atoms with Crippen molar-refractivity contribution < 1.29 is 9.59 Å². The molecular formula is C21H27N3O2. The number of carbonyl (C=O) groups excluding carboxylic acids is 2. The number of aryl methyl sites for hydroxylation is 1. The van der Waals surface area contributed by atoms with Gasteiger partial charge in [-0.05, 0) is 55.7 Å². The number of rotatable bonds is 8. The zero-order valence-electron chi connectivity index (χ0n) is 15.7. The summed E-state index contributed by atoms with van der Waals surface area (Å²) in [7, 11) is 0. The molecule has 3 N–H and O–H groups in total. The van der Waals surface area contributed by atoms with Crippen LogP contribution < -0.4 is 16.0 Å². The number of carbonyl (C=O) groups is 2. The lowest BCUT2D eigenvalue weighted by Gasteiger charge is -2.12. The molecule has 5 nitrogen and oxygen atoms in total. The molecule has 2 aromatic carbocycles. The highest BCUT2D eigenvalue weighted by Gasteiger charge is 2.08. The van der Waals surface area contributed by atoms with Gasteiger partial charge >= 0.3 is 0 Å². The highest BCUT2D eigenvalue weighted by molar-refractivity contribution is 5.98. The Morgan fingerprint density at radius 2 is 1.81 bits per heavy atom. The number of amides is 2. The van der Waals surface area contributed by atoms with E-state index in [4.69, 9.17) is 0 Å². The first-order valence-corrected chi connectivity index (χ1v) is 8.99. The number of anilines is 2. The summed E-state index contributed by atoms with van der Waals surface area (Å²) in [5.41, 5.74) is 4.41. The number of benzene rings is 2. The van der Waals surface area contributed by atoms with Crippen LogP contribution >= 0.6 is 0 Å². The lowest BCUT2D eigenvalue weighted by molar-refractivity contribution is -0.114. The van der Waals surface area contributed by atoms with Crippen molar-refractivity contribution in [1.82, 2.24) is 5.32 Å². The van der Waals surface area contributed by atoms with Crippen LogP contribution in [0.1, 0.15) is 41.3 Å². The van der Waals surface area contributed by atoms with Gasteiger partial charge in [-0.2, -0.15) is 0 Å². The molecule has 0 aliphatic rings. The smallest absolute Gasteiger partial charge is 0.251 e. The SMILES string of the molecule is CCCCNC(=O)c1cccc(NC(=O)CNc2cccc(C)c2C)c1. The van der Waals surface area contributed by atoms with Gasteiger partial charge in [0, 0.05) is 23.5 Å². The summed E-state index contributed by atoms with van der Waals surface area (Å²) in [6, 6.07) is 12.9. The van der Waals surface area contributed by atoms with Crippen LogP contribution in [-0.4, -0.2) is 24.9 Å². The van der Waals surface area contributed by atoms with Crippen molar-refractivity contribution in [2.24, 2.45) is 0 Å². The van der Waals surface area contributed by atoms with Gasteiger partial charge in [0.15, 0.2) is 0 Å². The predicted molar refractivity (Wildman–Crippen MR) is 107 cm³/mol. The molecule has 2 rings (SSSR count). The minimum Gasteiger partial charge on any atom is -0.376 e. The van der Waals surface area contributed by atoms with E-state index in [1.807, 2.05) is 32.0 Å². The van der Waals surface area contributed by atoms with E-state index in [1.54, 1.807) is 24.3 Å². The van der Waals surface area contributed by atoms with E-state index in [2.05, 4.69) is 22.9 Å². The first kappa shape index (κ1) is 19.5. The largest absolute Gasteiger partial charge is 0.376 e. The van der Waals surface area contributed by atoms with Crippen LogP contribution in [0.2, 0.25) is 0 Å². The Balaban J connectivity index is 1.91. The summed E-state index contributed by atoms with van der Waals surface area (Å²) in [6.45, 7) is 6.96. The molecule has 0 saturated heterocycles. The zero-order chi connectivity index (χ0) is 18.9. The molecular weight excluding hydrogens is 326 g/mol. The summed E-state index contributed by atoms with van der Waals surface area (Å²) < 4.78 is 0. The van der Waals surface area contributed by atoms with Gasteiger partial charge in [-0.15, -0.1) is 0 Å². The van der Waals surface area contributed by atoms with E-state index >= 15 is 0 Å². The van der Waals surface area contributed by atoms with E-state index in [9.17, 15) is 9.59 Å². The quantitative estimate of drug-likeness (QED) is 0.631. The molecule has 0 radical (unpaired) electrons. The molecule has 138 valence electrons. The maximum atomic E-state index is 12.2. The predicted octanol–water partition coefficient (Wildman–Crippen LogP) is 3.88. The van der Waals surface area contributed by atoms with Crippen molar-refractivity contribution in [3.05, 3.63) is 59.2 Å². The van der Waals surface area contributed by atoms with Gasteiger partial charge in [0.1, 0.15) is 0 Å². The second-order valence-corrected chi connectivity index (χ2v) is 6.34. The highest BCUT2D eigenvalue weighted by Crippen LogP contribution is 2.17. The second-order valence-electron chi connectivity index (χ2n) is 6.34. The van der Waals surface area contributed by atoms with Gasteiger partial charge in [0.25, 0.3) is 5.91 Å². The van der Waals surface area contributed by atoms with Crippen LogP contribution in [0.5, 0.6) is 0 Å². The first-order chi connectivity index (χ1) is 12.5. The van der Waals surface area contributed by atoms with Crippen molar-refractivity contribution in [3.63, 3.8) is 0 Å². The van der Waals surface area contributed by atoms with Crippen molar-refractivity contribution >= 4 is 23.2 Å². The maximum absolute atomic E-state index is 12.2. The van der Waals surface area contributed by atoms with Gasteiger partial charge in [-0.25, -0.2) is 0 Å². The fourth-order valence-corrected chi connectivity index (χ4v) is 2.54. The molecule has 0 unspecified atom stereocenters. The standard InChI is InChI=1S/C21H27N3O2/c1-4-5-12-22-21(26)17-9-7-10-18(13-17)24-20(25)14-23-19-11-6-8-15(2)16(19)3/h6-11,13,23H,4-5,12,14H2,1-3H3,(H,22,26)(H,24,25). The zero-order valence-corrected chi connectivity index (χ0v) is 15.7. The van der Waals surface area contributed by atoms with Gasteiger partial charge in [0.05, 0.1) is 6.54 Å². The molecule has 0 saturated carbocycles. The fourth-order valence-electron chi connectivity index (χ4n) is 2.54. The Morgan fingerprint density at radius 1 is 1.04 bits per heavy atom. The number of nitrogens with one attached hydrogen (secondary N) is 3. The van der Waals surface area contributed by atoms with Crippen LogP contribution in [0, 0.1) is 13.8 Å². The van der Waals surface area contributed by atoms with Crippen LogP contribution in [0.15, 0.2) is 42.5 Å². The summed E-state index contributed by atoms with van der Waals surface area (Å²) in [4.78, 5) is 24.3. The van der Waals surface area contributed by atoms with Crippen molar-refractivity contribution in [2.45, 2.75) is 33.6 Å². The number of unbranched alkanes of at least 4 members (excludes halogenated alkanes) is 1. The summed E-state index contributed by atoms with van der Waals surface area (Å²) in [6.07, 6.45) is 1.98. The van der Waals surface area contributed by atoms with E-state index in [0.717, 1.165) is 24.1 Å². The third kappa shape index (κ3) is 5.62. The van der Waals surface area contributed by atoms with Crippen LogP contribution in [-0.2, 0) is 4.79 Å². The van der Waals surface area contributed by atoms with E-state index in [1.165, 1.54) is 5.56 Å². The maximum Gasteiger partial charge on any atom is 0.251 e. The average Bonchev–Trinajstić information content (AvgIpc) is 2.63. The Kier molecular flexibility index (Phi) is 7.21. The van der Waals surface area contributed by atoms with E-state index < -0.39 is 0 Å². The molecule has 0 fully saturated rings. The number of hydrogen-bond acceptors (Lipinski definition) is 3. The monoisotopic (exact) mass is 353 g/mol. The third-order valence-electron chi connectivity index (χ3n) is 4.27. The van der Waals surface area contributed by atoms with Gasteiger partial charge in [0.2, 0.25) is 5.91 Å². The van der Waals surface area contributed by atoms with Gasteiger partial charge < -0.3 is 16.0 Å². The summed E-state index contributed by atoms with van der Waals surface area (Å²) >= 11 is 0. The molecule has 0 bridgehead atoms. The van der Waals surface area contributed by atoms with E-state index in [0.29, 0.717) is 17.8 Å². The fraction of sp³-hybridized carbons (Fsp3) is 0.333. The van der Waals surface area contributed by atoms with Crippen LogP contribution in [0.25, 0.3) is 0 Å². The molecule has 2 aromatic rings. The Labute approximate surface area is 155 Å². The Morgan fingerprint density at radius 3 is 2.58 bits per heavy atom. The number of hydrogen-bond donors (Lipinski definition) is 3. The molecule has 5 heteroatoms. The lowest BCUT2D eigenvalue weighted by Crippen LogP contribution is -2.25. The molecule has 0 atom stereocenters. The topological polar surface area (TPSA) is 70.2 Å². The molecule has 0 aliphatic carbocycles. The minimum atomic E-state index is -0.158. The average molecular weight is 353 g/mol. The second kappa shape index (κ2) is 9.61. The molecule has 0 aromatic heterocycles. The molecule has 2 amide bonds. The summed E-state index contributed by atoms with van der Waals surface area (Å²) in [5.74, 6) is -0.280. The van der Waals surface area contributed by atoms with Gasteiger partial charge in [-0.1, -0.05) is 31.5 Å². The third-order valence-corrected chi connectivity index (χ3v) is 4.27. The lowest BCUT2D eigenvalue weighted by atomic mass is 10.1. The molecule has 0 heterocycles. The van der Waals surface area contributed by atoms with E-state index in [-0.39, 0.29) is 18.4 Å². The Hall–Kier alpha value is -2.82. The molecule has 0 spiro atoms.